The van der Waals surface area contributed by atoms with E-state index >= 15 is 0 Å². The molecule has 1 aliphatic rings. The molecule has 0 amide bonds. The minimum atomic E-state index is 0.430. The summed E-state index contributed by atoms with van der Waals surface area (Å²) < 4.78 is 4.98. The smallest absolute Gasteiger partial charge is 0.193 e. The highest BCUT2D eigenvalue weighted by atomic mass is 16.3. The Kier molecular flexibility index (Phi) is 3.23. The molecular weight excluding hydrogens is 238 g/mol. The number of nitrogens with two attached hydrogens (primary N) is 1. The molecule has 4 nitrogen and oxygen atoms in total. The number of nitrogens with one attached hydrogen (secondary N) is 1. The number of hydrogen-bond acceptors (Lipinski definition) is 2. The van der Waals surface area contributed by atoms with Gasteiger partial charge in [0.25, 0.3) is 0 Å². The van der Waals surface area contributed by atoms with Crippen molar-refractivity contribution in [1.82, 2.24) is 0 Å². The molecule has 3 rings (SSSR count). The second kappa shape index (κ2) is 5.18. The molecule has 1 aromatic carbocycles. The Morgan fingerprint density at radius 1 is 1.26 bits per heavy atom. The van der Waals surface area contributed by atoms with E-state index < -0.39 is 0 Å². The zero-order valence-corrected chi connectivity index (χ0v) is 10.7. The van der Waals surface area contributed by atoms with Gasteiger partial charge < -0.3 is 15.5 Å². The van der Waals surface area contributed by atoms with E-state index in [0.29, 0.717) is 12.5 Å². The van der Waals surface area contributed by atoms with E-state index in [1.807, 2.05) is 6.07 Å². The molecule has 4 heteroatoms. The first-order valence-electron chi connectivity index (χ1n) is 6.51. The Morgan fingerprint density at radius 3 is 3.00 bits per heavy atom. The summed E-state index contributed by atoms with van der Waals surface area (Å²) in [5.74, 6) is 0.430. The number of aryl methyl sites for hydroxylation is 2. The Hall–Kier alpha value is -2.23. The van der Waals surface area contributed by atoms with Gasteiger partial charge in [-0.3, -0.25) is 0 Å². The van der Waals surface area contributed by atoms with Gasteiger partial charge in [-0.2, -0.15) is 0 Å². The Labute approximate surface area is 112 Å². The first kappa shape index (κ1) is 11.8. The number of aliphatic imine (C=N–C) groups is 1. The standard InChI is InChI=1S/C15H17N3O/c16-15(17-9-11-6-7-19-10-11)18-14-5-4-12-2-1-3-13(12)8-14/h4-8,10H,1-3,9H2,(H3,16,17,18). The van der Waals surface area contributed by atoms with Gasteiger partial charge in [-0.1, -0.05) is 6.07 Å². The summed E-state index contributed by atoms with van der Waals surface area (Å²) >= 11 is 0. The largest absolute Gasteiger partial charge is 0.472 e. The summed E-state index contributed by atoms with van der Waals surface area (Å²) in [5.41, 5.74) is 10.8. The molecule has 3 N–H and O–H groups in total. The highest BCUT2D eigenvalue weighted by Gasteiger charge is 2.10. The first-order chi connectivity index (χ1) is 9.31. The van der Waals surface area contributed by atoms with Crippen molar-refractivity contribution in [2.24, 2.45) is 10.7 Å². The van der Waals surface area contributed by atoms with Gasteiger partial charge >= 0.3 is 0 Å². The van der Waals surface area contributed by atoms with Crippen molar-refractivity contribution in [2.75, 3.05) is 5.32 Å². The zero-order valence-electron chi connectivity index (χ0n) is 10.7. The lowest BCUT2D eigenvalue weighted by molar-refractivity contribution is 0.564. The number of guanidine groups is 1. The third-order valence-corrected chi connectivity index (χ3v) is 3.38. The number of fused-ring (bicyclic) bond motifs is 1. The second-order valence-electron chi connectivity index (χ2n) is 4.80. The second-order valence-corrected chi connectivity index (χ2v) is 4.80. The summed E-state index contributed by atoms with van der Waals surface area (Å²) in [6, 6.07) is 8.28. The van der Waals surface area contributed by atoms with Crippen LogP contribution in [0, 0.1) is 0 Å². The van der Waals surface area contributed by atoms with Gasteiger partial charge in [0.15, 0.2) is 5.96 Å². The molecule has 0 spiro atoms. The molecule has 0 unspecified atom stereocenters. The maximum atomic E-state index is 5.88. The van der Waals surface area contributed by atoms with Gasteiger partial charge in [-0.25, -0.2) is 4.99 Å². The summed E-state index contributed by atoms with van der Waals surface area (Å²) in [7, 11) is 0. The minimum Gasteiger partial charge on any atom is -0.472 e. The molecule has 0 aliphatic heterocycles. The molecule has 2 aromatic rings. The molecule has 98 valence electrons. The van der Waals surface area contributed by atoms with E-state index in [2.05, 4.69) is 28.5 Å². The number of benzene rings is 1. The fourth-order valence-electron chi connectivity index (χ4n) is 2.40. The molecule has 0 fully saturated rings. The van der Waals surface area contributed by atoms with Crippen LogP contribution < -0.4 is 11.1 Å². The fraction of sp³-hybridized carbons (Fsp3) is 0.267. The summed E-state index contributed by atoms with van der Waals surface area (Å²) in [4.78, 5) is 4.28. The van der Waals surface area contributed by atoms with Gasteiger partial charge in [-0.15, -0.1) is 0 Å². The van der Waals surface area contributed by atoms with Crippen LogP contribution in [0.1, 0.15) is 23.1 Å². The van der Waals surface area contributed by atoms with E-state index in [1.54, 1.807) is 12.5 Å². The molecule has 1 heterocycles. The van der Waals surface area contributed by atoms with E-state index in [1.165, 1.54) is 24.0 Å². The average Bonchev–Trinajstić information content (AvgIpc) is 3.07. The van der Waals surface area contributed by atoms with Gasteiger partial charge in [-0.05, 0) is 48.6 Å². The average molecular weight is 255 g/mol. The molecular formula is C15H17N3O. The fourth-order valence-corrected chi connectivity index (χ4v) is 2.40. The molecule has 0 saturated carbocycles. The van der Waals surface area contributed by atoms with Crippen molar-refractivity contribution >= 4 is 11.6 Å². The maximum Gasteiger partial charge on any atom is 0.193 e. The Bertz CT molecular complexity index is 587. The molecule has 1 aliphatic carbocycles. The Balaban J connectivity index is 1.65. The van der Waals surface area contributed by atoms with Crippen LogP contribution in [0.5, 0.6) is 0 Å². The van der Waals surface area contributed by atoms with Crippen molar-refractivity contribution in [3.05, 3.63) is 53.5 Å². The SMILES string of the molecule is NC(=NCc1ccoc1)Nc1ccc2c(c1)CCC2. The lowest BCUT2D eigenvalue weighted by Crippen LogP contribution is -2.22. The van der Waals surface area contributed by atoms with Crippen LogP contribution in [0.15, 0.2) is 46.2 Å². The minimum absolute atomic E-state index is 0.430. The van der Waals surface area contributed by atoms with E-state index in [9.17, 15) is 0 Å². The monoisotopic (exact) mass is 255 g/mol. The van der Waals surface area contributed by atoms with Crippen LogP contribution in [0.3, 0.4) is 0 Å². The third-order valence-electron chi connectivity index (χ3n) is 3.38. The molecule has 1 aromatic heterocycles. The van der Waals surface area contributed by atoms with Crippen LogP contribution in [0.25, 0.3) is 0 Å². The molecule has 0 radical (unpaired) electrons. The van der Waals surface area contributed by atoms with Crippen molar-refractivity contribution < 1.29 is 4.42 Å². The maximum absolute atomic E-state index is 5.88. The van der Waals surface area contributed by atoms with Crippen molar-refractivity contribution in [1.29, 1.82) is 0 Å². The molecule has 0 atom stereocenters. The third kappa shape index (κ3) is 2.78. The quantitative estimate of drug-likeness (QED) is 0.654. The number of hydrogen-bond donors (Lipinski definition) is 2. The number of anilines is 1. The van der Waals surface area contributed by atoms with Crippen molar-refractivity contribution in [3.8, 4) is 0 Å². The first-order valence-corrected chi connectivity index (χ1v) is 6.51. The number of furan rings is 1. The van der Waals surface area contributed by atoms with Crippen molar-refractivity contribution in [2.45, 2.75) is 25.8 Å². The summed E-state index contributed by atoms with van der Waals surface area (Å²) in [6.45, 7) is 0.528. The molecule has 0 bridgehead atoms. The normalized spacial score (nSPS) is 14.4. The van der Waals surface area contributed by atoms with Crippen molar-refractivity contribution in [3.63, 3.8) is 0 Å². The Morgan fingerprint density at radius 2 is 2.16 bits per heavy atom. The topological polar surface area (TPSA) is 63.5 Å². The molecule has 0 saturated heterocycles. The summed E-state index contributed by atoms with van der Waals surface area (Å²) in [5, 5.41) is 3.13. The predicted molar refractivity (Wildman–Crippen MR) is 76.1 cm³/mol. The molecule has 19 heavy (non-hydrogen) atoms. The lowest BCUT2D eigenvalue weighted by Gasteiger charge is -2.07. The van der Waals surface area contributed by atoms with E-state index in [0.717, 1.165) is 17.7 Å². The van der Waals surface area contributed by atoms with Crippen LogP contribution in [-0.4, -0.2) is 5.96 Å². The highest BCUT2D eigenvalue weighted by molar-refractivity contribution is 5.92. The van der Waals surface area contributed by atoms with Gasteiger partial charge in [0.05, 0.1) is 19.1 Å². The van der Waals surface area contributed by atoms with E-state index in [-0.39, 0.29) is 0 Å². The van der Waals surface area contributed by atoms with Crippen LogP contribution in [0.4, 0.5) is 5.69 Å². The lowest BCUT2D eigenvalue weighted by atomic mass is 10.1. The van der Waals surface area contributed by atoms with Gasteiger partial charge in [0.2, 0.25) is 0 Å². The van der Waals surface area contributed by atoms with Crippen LogP contribution >= 0.6 is 0 Å². The number of nitrogens with zero attached hydrogens (tertiary/aromatic N) is 1. The van der Waals surface area contributed by atoms with Gasteiger partial charge in [0, 0.05) is 11.3 Å². The zero-order chi connectivity index (χ0) is 13.1. The van der Waals surface area contributed by atoms with Crippen LogP contribution in [-0.2, 0) is 19.4 Å². The van der Waals surface area contributed by atoms with E-state index in [4.69, 9.17) is 10.2 Å². The predicted octanol–water partition coefficient (Wildman–Crippen LogP) is 2.70. The van der Waals surface area contributed by atoms with Crippen LogP contribution in [0.2, 0.25) is 0 Å². The van der Waals surface area contributed by atoms with Gasteiger partial charge in [0.1, 0.15) is 0 Å². The highest BCUT2D eigenvalue weighted by Crippen LogP contribution is 2.24. The number of rotatable bonds is 3. The summed E-state index contributed by atoms with van der Waals surface area (Å²) in [6.07, 6.45) is 6.92.